The number of anilines is 2. The summed E-state index contributed by atoms with van der Waals surface area (Å²) in [7, 11) is -3.98. The molecule has 2 aromatic heterocycles. The second kappa shape index (κ2) is 12.2. The molecule has 0 spiro atoms. The predicted molar refractivity (Wildman–Crippen MR) is 167 cm³/mol. The lowest BCUT2D eigenvalue weighted by Gasteiger charge is -2.28. The number of sulfonamides is 1. The van der Waals surface area contributed by atoms with Crippen molar-refractivity contribution in [3.05, 3.63) is 96.4 Å². The van der Waals surface area contributed by atoms with E-state index in [-0.39, 0.29) is 21.3 Å². The summed E-state index contributed by atoms with van der Waals surface area (Å²) in [6, 6.07) is 24.4. The number of hydrogen-bond donors (Lipinski definition) is 2. The molecule has 216 valence electrons. The van der Waals surface area contributed by atoms with Gasteiger partial charge in [0.2, 0.25) is 5.13 Å². The molecule has 1 saturated heterocycles. The highest BCUT2D eigenvalue weighted by atomic mass is 32.2. The first-order chi connectivity index (χ1) is 20.9. The maximum atomic E-state index is 12.9. The van der Waals surface area contributed by atoms with Crippen LogP contribution in [0.15, 0.2) is 90.2 Å². The molecule has 5 aromatic rings. The molecule has 2 N–H and O–H groups in total. The van der Waals surface area contributed by atoms with Gasteiger partial charge in [-0.3, -0.25) is 4.72 Å². The van der Waals surface area contributed by atoms with Crippen LogP contribution in [0.4, 0.5) is 10.9 Å². The first-order valence-electron chi connectivity index (χ1n) is 13.5. The summed E-state index contributed by atoms with van der Waals surface area (Å²) < 4.78 is 38.3. The molecule has 12 heteroatoms. The lowest BCUT2D eigenvalue weighted by atomic mass is 9.98. The normalized spacial score (nSPS) is 13.3. The standard InChI is InChI=1S/C31H27N7O3S2/c1-21-2-4-22(5-3-21)23-6-8-29(27(17-23)24-10-11-34-30(18-24)38-14-12-33-13-15-38)41-28-9-7-26(16-25(28)19-32)43(39,40)37-31-35-20-36-42-31/h2-11,16-18,20,33H,12-15H2,1H3,(H,35,36,37). The van der Waals surface area contributed by atoms with E-state index in [0.29, 0.717) is 5.75 Å². The fourth-order valence-corrected chi connectivity index (χ4v) is 6.47. The molecule has 10 nitrogen and oxygen atoms in total. The zero-order chi connectivity index (χ0) is 29.8. The Bertz CT molecular complexity index is 1900. The minimum Gasteiger partial charge on any atom is -0.455 e. The molecule has 1 aliphatic heterocycles. The van der Waals surface area contributed by atoms with Crippen LogP contribution in [0.5, 0.6) is 11.5 Å². The molecule has 43 heavy (non-hydrogen) atoms. The Morgan fingerprint density at radius 3 is 2.44 bits per heavy atom. The van der Waals surface area contributed by atoms with Gasteiger partial charge in [0, 0.05) is 49.5 Å². The molecule has 1 aliphatic rings. The highest BCUT2D eigenvalue weighted by molar-refractivity contribution is 7.93. The van der Waals surface area contributed by atoms with Gasteiger partial charge in [0.1, 0.15) is 29.7 Å². The molecule has 3 heterocycles. The fraction of sp³-hybridized carbons (Fsp3) is 0.161. The summed E-state index contributed by atoms with van der Waals surface area (Å²) in [5.41, 5.74) is 5.04. The number of aromatic nitrogens is 3. The highest BCUT2D eigenvalue weighted by Gasteiger charge is 2.20. The molecule has 0 aliphatic carbocycles. The van der Waals surface area contributed by atoms with Crippen LogP contribution < -0.4 is 19.7 Å². The third-order valence-electron chi connectivity index (χ3n) is 7.05. The van der Waals surface area contributed by atoms with E-state index < -0.39 is 10.0 Å². The van der Waals surface area contributed by atoms with Crippen molar-refractivity contribution in [2.45, 2.75) is 11.8 Å². The number of piperazine rings is 1. The number of nitrogens with zero attached hydrogens (tertiary/aromatic N) is 5. The number of rotatable bonds is 8. The first kappa shape index (κ1) is 28.3. The molecule has 0 amide bonds. The topological polar surface area (TPSA) is 133 Å². The van der Waals surface area contributed by atoms with Crippen molar-refractivity contribution in [1.82, 2.24) is 19.7 Å². The molecular formula is C31H27N7O3S2. The summed E-state index contributed by atoms with van der Waals surface area (Å²) in [4.78, 5) is 10.6. The van der Waals surface area contributed by atoms with Gasteiger partial charge in [-0.15, -0.1) is 0 Å². The Balaban J connectivity index is 1.38. The molecule has 0 atom stereocenters. The van der Waals surface area contributed by atoms with Crippen molar-refractivity contribution in [2.75, 3.05) is 35.8 Å². The van der Waals surface area contributed by atoms with Crippen molar-refractivity contribution in [3.8, 4) is 39.8 Å². The monoisotopic (exact) mass is 609 g/mol. The van der Waals surface area contributed by atoms with Crippen LogP contribution in [-0.2, 0) is 10.0 Å². The molecular weight excluding hydrogens is 583 g/mol. The van der Waals surface area contributed by atoms with Crippen molar-refractivity contribution in [1.29, 1.82) is 5.26 Å². The van der Waals surface area contributed by atoms with Gasteiger partial charge in [-0.1, -0.05) is 35.9 Å². The van der Waals surface area contributed by atoms with E-state index in [1.807, 2.05) is 24.3 Å². The van der Waals surface area contributed by atoms with Gasteiger partial charge in [0.05, 0.1) is 10.5 Å². The minimum absolute atomic E-state index is 0.0740. The number of benzene rings is 3. The van der Waals surface area contributed by atoms with E-state index in [1.165, 1.54) is 30.1 Å². The van der Waals surface area contributed by atoms with E-state index in [1.54, 1.807) is 6.20 Å². The number of aryl methyl sites for hydroxylation is 1. The van der Waals surface area contributed by atoms with Crippen molar-refractivity contribution in [2.24, 2.45) is 0 Å². The minimum atomic E-state index is -3.98. The first-order valence-corrected chi connectivity index (χ1v) is 15.8. The van der Waals surface area contributed by atoms with E-state index in [4.69, 9.17) is 4.74 Å². The molecule has 0 bridgehead atoms. The van der Waals surface area contributed by atoms with E-state index in [9.17, 15) is 13.7 Å². The SMILES string of the molecule is Cc1ccc(-c2ccc(Oc3ccc(S(=O)(=O)Nc4ncns4)cc3C#N)c(-c3ccnc(N4CCNCC4)c3)c2)cc1. The van der Waals surface area contributed by atoms with E-state index >= 15 is 0 Å². The molecule has 0 saturated carbocycles. The Morgan fingerprint density at radius 1 is 0.930 bits per heavy atom. The quantitative estimate of drug-likeness (QED) is 0.236. The average Bonchev–Trinajstić information content (AvgIpc) is 3.54. The van der Waals surface area contributed by atoms with Crippen molar-refractivity contribution >= 4 is 32.5 Å². The Labute approximate surface area is 253 Å². The number of nitrogens with one attached hydrogen (secondary N) is 2. The lowest BCUT2D eigenvalue weighted by molar-refractivity contribution is 0.482. The number of ether oxygens (including phenoxy) is 1. The highest BCUT2D eigenvalue weighted by Crippen LogP contribution is 2.39. The lowest BCUT2D eigenvalue weighted by Crippen LogP contribution is -2.43. The largest absolute Gasteiger partial charge is 0.455 e. The molecule has 1 fully saturated rings. The second-order valence-electron chi connectivity index (χ2n) is 9.94. The Morgan fingerprint density at radius 2 is 1.70 bits per heavy atom. The van der Waals surface area contributed by atoms with Gasteiger partial charge < -0.3 is 15.0 Å². The molecule has 0 unspecified atom stereocenters. The molecule has 3 aromatic carbocycles. The third kappa shape index (κ3) is 6.34. The van der Waals surface area contributed by atoms with Crippen molar-refractivity contribution < 1.29 is 13.2 Å². The number of hydrogen-bond acceptors (Lipinski definition) is 10. The zero-order valence-corrected chi connectivity index (χ0v) is 24.8. The summed E-state index contributed by atoms with van der Waals surface area (Å²) >= 11 is 0.917. The molecule has 6 rings (SSSR count). The van der Waals surface area contributed by atoms with Crippen LogP contribution in [0.3, 0.4) is 0 Å². The Kier molecular flexibility index (Phi) is 8.02. The van der Waals surface area contributed by atoms with Gasteiger partial charge in [0.15, 0.2) is 0 Å². The van der Waals surface area contributed by atoms with Crippen LogP contribution in [-0.4, -0.2) is 48.9 Å². The summed E-state index contributed by atoms with van der Waals surface area (Å²) in [5, 5.41) is 13.4. The average molecular weight is 610 g/mol. The number of nitriles is 1. The third-order valence-corrected chi connectivity index (χ3v) is 9.09. The van der Waals surface area contributed by atoms with Gasteiger partial charge in [0.25, 0.3) is 10.0 Å². The summed E-state index contributed by atoms with van der Waals surface area (Å²) in [6.07, 6.45) is 3.05. The maximum absolute atomic E-state index is 12.9. The van der Waals surface area contributed by atoms with Crippen LogP contribution in [0.2, 0.25) is 0 Å². The maximum Gasteiger partial charge on any atom is 0.263 e. The Hall–Kier alpha value is -4.83. The van der Waals surface area contributed by atoms with Crippen LogP contribution in [0, 0.1) is 18.3 Å². The van der Waals surface area contributed by atoms with Crippen molar-refractivity contribution in [3.63, 3.8) is 0 Å². The smallest absolute Gasteiger partial charge is 0.263 e. The van der Waals surface area contributed by atoms with E-state index in [2.05, 4.69) is 72.6 Å². The van der Waals surface area contributed by atoms with Crippen LogP contribution in [0.1, 0.15) is 11.1 Å². The predicted octanol–water partition coefficient (Wildman–Crippen LogP) is 5.45. The van der Waals surface area contributed by atoms with Crippen LogP contribution >= 0.6 is 11.5 Å². The summed E-state index contributed by atoms with van der Waals surface area (Å²) in [6.45, 7) is 5.55. The van der Waals surface area contributed by atoms with E-state index in [0.717, 1.165) is 65.8 Å². The molecule has 0 radical (unpaired) electrons. The number of pyridine rings is 1. The van der Waals surface area contributed by atoms with Gasteiger partial charge in [-0.25, -0.2) is 18.4 Å². The van der Waals surface area contributed by atoms with Gasteiger partial charge in [-0.2, -0.15) is 9.64 Å². The van der Waals surface area contributed by atoms with Gasteiger partial charge in [-0.05, 0) is 66.1 Å². The zero-order valence-electron chi connectivity index (χ0n) is 23.2. The van der Waals surface area contributed by atoms with Crippen LogP contribution in [0.25, 0.3) is 22.3 Å². The van der Waals surface area contributed by atoms with Gasteiger partial charge >= 0.3 is 0 Å². The fourth-order valence-electron chi connectivity index (χ4n) is 4.79. The second-order valence-corrected chi connectivity index (χ2v) is 12.4. The summed E-state index contributed by atoms with van der Waals surface area (Å²) in [5.74, 6) is 1.63.